The lowest BCUT2D eigenvalue weighted by Crippen LogP contribution is -2.19. The quantitative estimate of drug-likeness (QED) is 0.0555. The second-order valence-electron chi connectivity index (χ2n) is 35.7. The van der Waals surface area contributed by atoms with Gasteiger partial charge in [-0.2, -0.15) is 0 Å². The van der Waals surface area contributed by atoms with Crippen LogP contribution >= 0.6 is 0 Å². The molecule has 10 N–H and O–H groups in total. The lowest BCUT2D eigenvalue weighted by molar-refractivity contribution is 0.263. The normalized spacial score (nSPS) is 19.3. The number of aliphatic hydroxyl groups is 2. The summed E-state index contributed by atoms with van der Waals surface area (Å²) in [6.07, 6.45) is 26.2. The van der Waals surface area contributed by atoms with Crippen molar-refractivity contribution >= 4 is 120 Å². The van der Waals surface area contributed by atoms with Crippen molar-refractivity contribution in [2.24, 2.45) is 0 Å². The molecule has 0 radical (unpaired) electrons. The van der Waals surface area contributed by atoms with Crippen LogP contribution in [-0.4, -0.2) is 154 Å². The van der Waals surface area contributed by atoms with E-state index >= 15 is 0 Å². The third-order valence-electron chi connectivity index (χ3n) is 25.5. The summed E-state index contributed by atoms with van der Waals surface area (Å²) in [5, 5.41) is 102. The molecule has 129 heavy (non-hydrogen) atoms. The third-order valence-corrected chi connectivity index (χ3v) is 47.5. The van der Waals surface area contributed by atoms with E-state index in [9.17, 15) is 35.7 Å². The molecule has 19 heteroatoms. The zero-order valence-electron chi connectivity index (χ0n) is 79.1. The first kappa shape index (κ1) is 103. The molecule has 4 atom stereocenters. The number of phenols is 8. The second-order valence-corrected chi connectivity index (χ2v) is 56.7. The van der Waals surface area contributed by atoms with Crippen LogP contribution in [0.5, 0.6) is 46.0 Å². The maximum absolute atomic E-state index is 9.81. The summed E-state index contributed by atoms with van der Waals surface area (Å²) < 4.78 is 0. The van der Waals surface area contributed by atoms with Gasteiger partial charge >= 0.3 is 0 Å². The first-order valence-electron chi connectivity index (χ1n) is 46.6. The summed E-state index contributed by atoms with van der Waals surface area (Å²) in [7, 11) is 3.72. The molecule has 0 spiro atoms. The number of benzene rings is 11. The largest absolute Gasteiger partial charge is 0.508 e. The zero-order chi connectivity index (χ0) is 92.5. The molecule has 8 aliphatic rings. The van der Waals surface area contributed by atoms with Crippen molar-refractivity contribution in [1.29, 1.82) is 0 Å². The molecular weight excluding hydrogens is 1770 g/mol. The molecule has 10 nitrogen and oxygen atoms in total. The highest BCUT2D eigenvalue weighted by Crippen LogP contribution is 2.41. The van der Waals surface area contributed by atoms with E-state index < -0.39 is 0 Å². The van der Waals surface area contributed by atoms with Gasteiger partial charge in [0.2, 0.25) is 0 Å². The fourth-order valence-corrected chi connectivity index (χ4v) is 39.3. The average Bonchev–Trinajstić information content (AvgIpc) is 1.41. The molecule has 0 aromatic heterocycles. The molecule has 0 aliphatic carbocycles. The monoisotopic (exact) mass is 1920 g/mol. The molecule has 4 unspecified atom stereocenters. The first-order chi connectivity index (χ1) is 62.0. The summed E-state index contributed by atoms with van der Waals surface area (Å²) in [6.45, 7) is 24.9. The molecule has 0 amide bonds. The van der Waals surface area contributed by atoms with Gasteiger partial charge < -0.3 is 51.1 Å². The van der Waals surface area contributed by atoms with E-state index in [1.54, 1.807) is 46.2 Å². The number of aromatic hydroxyl groups is 8. The molecule has 8 fully saturated rings. The Labute approximate surface area is 799 Å². The van der Waals surface area contributed by atoms with Crippen LogP contribution in [-0.2, 0) is 111 Å². The number of hydrogen-bond acceptors (Lipinski definition) is 10. The second kappa shape index (κ2) is 50.7. The van der Waals surface area contributed by atoms with Crippen LogP contribution < -0.4 is 0 Å². The van der Waals surface area contributed by atoms with E-state index in [2.05, 4.69) is 168 Å². The minimum absolute atomic E-state index is 0.0385. The fraction of sp³-hybridized carbons (Fsp3) is 0.436. The fourth-order valence-electron chi connectivity index (χ4n) is 18.1. The molecule has 11 aromatic carbocycles. The Morgan fingerprint density at radius 2 is 0.628 bits per heavy atom. The van der Waals surface area contributed by atoms with Crippen LogP contribution in [0, 0.1) is 62.3 Å². The van der Waals surface area contributed by atoms with Gasteiger partial charge in [-0.3, -0.25) is 0 Å². The summed E-state index contributed by atoms with van der Waals surface area (Å²) in [4.78, 5) is 12.7. The smallest absolute Gasteiger partial charge is 0.162 e. The molecular formula is C110H147O10S9+9. The standard InChI is InChI=1S/C15H17S.C14H20OS.C13H18OS.C12H16O3S.C12H12O2S.2C12H16OS.C10H12OS.C10H13S/c1-12-8-9-15(16-10-4-5-11-16)14-7-3-2-6-13(12)14;1-9-7-13(8-10(2)14(9)15)16-11(3)5-6-12(16)4;1-9-7-12(8-10(2)13(9)14)15-6-4-5-11(15)3;13-7-9-5-11(16-3-1-2-4-16)6-10(8-14)12(9)15;1-15(2)12-6-5-11(14)9-4-3-8(13)7-10(9)12;2*1-9-7-11(8-10(2)12(9)13)14-5-3-4-6-14;11-9-3-5-10(6-4-9)12-7-1-2-8-12;1-2-6-10(7-3-1)11-8-4-5-9-11/h2-3,6-9H,4-5,10-11H2,1H3;7-8,11-12H,5-6H2,1-4H3;7-8,11H,4-6H2,1-3H3;5-6,13-14H,1-4,7-8H2;3-7H,1-2H3,(H-,13,14);2*7-8H,3-6H2,1-2H3;3-6H,1-2,7-8H2;1-3,6-7H,4-5,8-9H2/q+1;;;;;;;;+1/p+7. The highest BCUT2D eigenvalue weighted by Gasteiger charge is 2.42. The maximum Gasteiger partial charge on any atom is 0.162 e. The Kier molecular flexibility index (Phi) is 40.4. The van der Waals surface area contributed by atoms with Gasteiger partial charge in [-0.15, -0.1) is 0 Å². The Balaban J connectivity index is 0.000000141. The van der Waals surface area contributed by atoms with Crippen molar-refractivity contribution in [2.45, 2.75) is 259 Å². The summed E-state index contributed by atoms with van der Waals surface area (Å²) in [5.74, 6) is 20.3. The van der Waals surface area contributed by atoms with Crippen molar-refractivity contribution < 1.29 is 51.1 Å². The molecule has 11 aromatic rings. The molecule has 19 rings (SSSR count). The molecule has 8 heterocycles. The number of rotatable bonds is 11. The number of fused-ring (bicyclic) bond motifs is 2. The number of hydrogen-bond donors (Lipinski definition) is 10. The lowest BCUT2D eigenvalue weighted by Gasteiger charge is -2.13. The minimum atomic E-state index is -0.177. The topological polar surface area (TPSA) is 202 Å². The average molecular weight is 1920 g/mol. The molecule has 8 aliphatic heterocycles. The lowest BCUT2D eigenvalue weighted by atomic mass is 10.1. The number of aliphatic hydroxyl groups excluding tert-OH is 2. The van der Waals surface area contributed by atoms with Crippen molar-refractivity contribution in [1.82, 2.24) is 0 Å². The van der Waals surface area contributed by atoms with Gasteiger partial charge in [-0.05, 0) is 369 Å². The molecule has 0 bridgehead atoms. The van der Waals surface area contributed by atoms with Crippen LogP contribution in [0.2, 0.25) is 0 Å². The Bertz CT molecular complexity index is 5200. The van der Waals surface area contributed by atoms with Crippen LogP contribution in [0.1, 0.15) is 185 Å². The van der Waals surface area contributed by atoms with E-state index in [0.29, 0.717) is 116 Å². The Hall–Kier alpha value is -6.59. The van der Waals surface area contributed by atoms with Crippen LogP contribution in [0.25, 0.3) is 21.5 Å². The molecule has 8 saturated heterocycles. The van der Waals surface area contributed by atoms with Crippen molar-refractivity contribution in [2.75, 3.05) is 87.3 Å². The van der Waals surface area contributed by atoms with Gasteiger partial charge in [0.15, 0.2) is 44.1 Å². The van der Waals surface area contributed by atoms with Gasteiger partial charge in [0.1, 0.15) is 149 Å². The number of phenolic OH excluding ortho intramolecular Hbond substituents is 7. The summed E-state index contributed by atoms with van der Waals surface area (Å²) in [6, 6.07) is 62.0. The van der Waals surface area contributed by atoms with Crippen molar-refractivity contribution in [3.63, 3.8) is 0 Å². The van der Waals surface area contributed by atoms with Crippen LogP contribution in [0.3, 0.4) is 0 Å². The molecule has 692 valence electrons. The third kappa shape index (κ3) is 28.5. The summed E-state index contributed by atoms with van der Waals surface area (Å²) >= 11 is 0. The SMILES string of the molecule is C[S+](C)c1ccc(O)c2ccc(O)cc12.Cc1cc([S+]2C(C)CCC2C)cc(C)c1O.Cc1cc([S+]2CCCC2)cc(C)c1O.Cc1cc([S+]2CCCC2)cc(C)c1O.Cc1cc([S+]2CCCC2C)cc(C)c1O.Cc1ccc([S+]2CCCC2)c2ccccc12.OCc1cc([S+]2CCCC2)cc(CO)c1O.Oc1ccc([S+]2CCCC2)cc1.c1ccc([S+]2CCCC2)cc1. The van der Waals surface area contributed by atoms with Gasteiger partial charge in [0, 0.05) is 137 Å². The van der Waals surface area contributed by atoms with Gasteiger partial charge in [0.25, 0.3) is 0 Å². The van der Waals surface area contributed by atoms with E-state index in [1.165, 1.54) is 228 Å². The van der Waals surface area contributed by atoms with Crippen LogP contribution in [0.4, 0.5) is 0 Å². The predicted octanol–water partition coefficient (Wildman–Crippen LogP) is 24.5. The van der Waals surface area contributed by atoms with Gasteiger partial charge in [-0.1, -0.05) is 42.5 Å². The Morgan fingerprint density at radius 3 is 1.02 bits per heavy atom. The van der Waals surface area contributed by atoms with E-state index in [-0.39, 0.29) is 52.3 Å². The zero-order valence-corrected chi connectivity index (χ0v) is 86.5. The van der Waals surface area contributed by atoms with Gasteiger partial charge in [-0.25, -0.2) is 0 Å². The Morgan fingerprint density at radius 1 is 0.271 bits per heavy atom. The summed E-state index contributed by atoms with van der Waals surface area (Å²) in [5.41, 5.74) is 10.7. The molecule has 0 saturated carbocycles. The van der Waals surface area contributed by atoms with E-state index in [0.717, 1.165) is 71.0 Å². The van der Waals surface area contributed by atoms with Crippen LogP contribution in [0.15, 0.2) is 226 Å². The van der Waals surface area contributed by atoms with Crippen molar-refractivity contribution in [3.05, 3.63) is 243 Å². The van der Waals surface area contributed by atoms with Crippen molar-refractivity contribution in [3.8, 4) is 46.0 Å². The van der Waals surface area contributed by atoms with E-state index in [4.69, 9.17) is 15.3 Å². The van der Waals surface area contributed by atoms with E-state index in [1.807, 2.05) is 73.6 Å². The highest BCUT2D eigenvalue weighted by atomic mass is 32.2. The van der Waals surface area contributed by atoms with Gasteiger partial charge in [0.05, 0.1) is 13.2 Å². The number of aryl methyl sites for hydroxylation is 9. The highest BCUT2D eigenvalue weighted by molar-refractivity contribution is 7.99. The predicted molar refractivity (Wildman–Crippen MR) is 569 cm³/mol. The first-order valence-corrected chi connectivity index (χ1v) is 60.8. The minimum Gasteiger partial charge on any atom is -0.508 e. The maximum atomic E-state index is 9.81.